The number of hydrogen-bond donors (Lipinski definition) is 1. The highest BCUT2D eigenvalue weighted by Gasteiger charge is 2.57. The number of halogens is 1. The van der Waals surface area contributed by atoms with Crippen LogP contribution in [0.4, 0.5) is 4.79 Å². The Kier molecular flexibility index (Phi) is 3.76. The first kappa shape index (κ1) is 15.8. The van der Waals surface area contributed by atoms with E-state index >= 15 is 0 Å². The summed E-state index contributed by atoms with van der Waals surface area (Å²) in [6.45, 7) is 6.26. The maximum atomic E-state index is 12.4. The molecule has 1 aliphatic heterocycles. The predicted molar refractivity (Wildman–Crippen MR) is 87.5 cm³/mol. The predicted octanol–water partition coefficient (Wildman–Crippen LogP) is 3.67. The average Bonchev–Trinajstić information content (AvgIpc) is 2.95. The molecule has 0 radical (unpaired) electrons. The van der Waals surface area contributed by atoms with Crippen LogP contribution in [0.25, 0.3) is 0 Å². The normalized spacial score (nSPS) is 30.7. The fraction of sp³-hybridized carbons (Fsp3) is 0.588. The van der Waals surface area contributed by atoms with Crippen molar-refractivity contribution in [3.63, 3.8) is 0 Å². The summed E-state index contributed by atoms with van der Waals surface area (Å²) in [6, 6.07) is 7.51. The van der Waals surface area contributed by atoms with Crippen molar-refractivity contribution in [1.82, 2.24) is 4.90 Å². The molecule has 1 amide bonds. The molecule has 22 heavy (non-hydrogen) atoms. The number of likely N-dealkylation sites (tertiary alicyclic amines) is 1. The maximum absolute atomic E-state index is 12.4. The topological polar surface area (TPSA) is 49.8 Å². The first-order valence-electron chi connectivity index (χ1n) is 7.67. The molecule has 2 fully saturated rings. The number of carbonyl (C=O) groups excluding carboxylic acids is 1. The van der Waals surface area contributed by atoms with Crippen LogP contribution in [0, 0.1) is 5.92 Å². The van der Waals surface area contributed by atoms with Gasteiger partial charge in [-0.3, -0.25) is 0 Å². The van der Waals surface area contributed by atoms with Crippen LogP contribution in [-0.4, -0.2) is 34.3 Å². The van der Waals surface area contributed by atoms with E-state index in [-0.39, 0.29) is 12.1 Å². The molecule has 1 aromatic carbocycles. The third kappa shape index (κ3) is 2.76. The van der Waals surface area contributed by atoms with E-state index in [2.05, 4.69) is 15.9 Å². The second-order valence-corrected chi connectivity index (χ2v) is 8.30. The highest BCUT2D eigenvalue weighted by Crippen LogP contribution is 2.50. The summed E-state index contributed by atoms with van der Waals surface area (Å²) >= 11 is 3.41. The van der Waals surface area contributed by atoms with Crippen molar-refractivity contribution >= 4 is 22.0 Å². The zero-order chi connectivity index (χ0) is 16.1. The quantitative estimate of drug-likeness (QED) is 0.823. The minimum Gasteiger partial charge on any atom is -0.444 e. The SMILES string of the molecule is CC(C)(C)OC(=O)N1CC2CC1C(O)(c1ccc(Br)cc1)C2. The third-order valence-electron chi connectivity index (χ3n) is 4.51. The van der Waals surface area contributed by atoms with Gasteiger partial charge in [0.2, 0.25) is 0 Å². The Morgan fingerprint density at radius 2 is 2.00 bits per heavy atom. The van der Waals surface area contributed by atoms with Crippen molar-refractivity contribution in [2.24, 2.45) is 5.92 Å². The summed E-state index contributed by atoms with van der Waals surface area (Å²) in [5, 5.41) is 11.2. The molecule has 0 spiro atoms. The Balaban J connectivity index is 1.84. The fourth-order valence-corrected chi connectivity index (χ4v) is 3.94. The van der Waals surface area contributed by atoms with Gasteiger partial charge in [-0.2, -0.15) is 0 Å². The van der Waals surface area contributed by atoms with Gasteiger partial charge in [-0.1, -0.05) is 28.1 Å². The van der Waals surface area contributed by atoms with E-state index in [9.17, 15) is 9.90 Å². The molecule has 5 heteroatoms. The first-order chi connectivity index (χ1) is 10.2. The standard InChI is InChI=1S/C17H22BrNO3/c1-16(2,3)22-15(20)19-10-11-8-14(19)17(21,9-11)12-4-6-13(18)7-5-12/h4-7,11,14,21H,8-10H2,1-3H3. The first-order valence-corrected chi connectivity index (χ1v) is 8.46. The number of ether oxygens (including phenoxy) is 1. The molecule has 1 N–H and O–H groups in total. The lowest BCUT2D eigenvalue weighted by Crippen LogP contribution is -2.52. The van der Waals surface area contributed by atoms with E-state index in [1.807, 2.05) is 45.0 Å². The van der Waals surface area contributed by atoms with E-state index in [0.717, 1.165) is 16.5 Å². The molecule has 2 aliphatic rings. The molecule has 1 aliphatic carbocycles. The minimum absolute atomic E-state index is 0.200. The van der Waals surface area contributed by atoms with Gasteiger partial charge in [-0.25, -0.2) is 4.79 Å². The number of amides is 1. The lowest BCUT2D eigenvalue weighted by atomic mass is 9.85. The van der Waals surface area contributed by atoms with Gasteiger partial charge in [0.05, 0.1) is 6.04 Å². The Bertz CT molecular complexity index is 581. The molecular formula is C17H22BrNO3. The van der Waals surface area contributed by atoms with Crippen LogP contribution in [0.2, 0.25) is 0 Å². The van der Waals surface area contributed by atoms with Crippen LogP contribution >= 0.6 is 15.9 Å². The molecule has 3 atom stereocenters. The van der Waals surface area contributed by atoms with Gasteiger partial charge in [0.25, 0.3) is 0 Å². The Morgan fingerprint density at radius 3 is 2.55 bits per heavy atom. The smallest absolute Gasteiger partial charge is 0.410 e. The molecule has 2 bridgehead atoms. The van der Waals surface area contributed by atoms with E-state index in [4.69, 9.17) is 4.74 Å². The molecular weight excluding hydrogens is 346 g/mol. The number of carbonyl (C=O) groups is 1. The third-order valence-corrected chi connectivity index (χ3v) is 5.04. The van der Waals surface area contributed by atoms with Gasteiger partial charge < -0.3 is 14.7 Å². The Morgan fingerprint density at radius 1 is 1.36 bits per heavy atom. The van der Waals surface area contributed by atoms with Crippen molar-refractivity contribution < 1.29 is 14.6 Å². The summed E-state index contributed by atoms with van der Waals surface area (Å²) in [6.07, 6.45) is 1.22. The number of rotatable bonds is 1. The lowest BCUT2D eigenvalue weighted by Gasteiger charge is -2.40. The van der Waals surface area contributed by atoms with Gasteiger partial charge in [0, 0.05) is 11.0 Å². The van der Waals surface area contributed by atoms with Gasteiger partial charge >= 0.3 is 6.09 Å². The van der Waals surface area contributed by atoms with Gasteiger partial charge in [-0.05, 0) is 57.2 Å². The van der Waals surface area contributed by atoms with Crippen LogP contribution in [-0.2, 0) is 10.3 Å². The molecule has 4 nitrogen and oxygen atoms in total. The molecule has 0 aromatic heterocycles. The number of hydrogen-bond acceptors (Lipinski definition) is 3. The zero-order valence-electron chi connectivity index (χ0n) is 13.2. The van der Waals surface area contributed by atoms with E-state index in [1.54, 1.807) is 4.90 Å². The monoisotopic (exact) mass is 367 g/mol. The Labute approximate surface area is 139 Å². The van der Waals surface area contributed by atoms with Crippen LogP contribution < -0.4 is 0 Å². The summed E-state index contributed by atoms with van der Waals surface area (Å²) < 4.78 is 6.47. The fourth-order valence-electron chi connectivity index (χ4n) is 3.67. The second kappa shape index (κ2) is 5.24. The van der Waals surface area contributed by atoms with Crippen LogP contribution in [0.5, 0.6) is 0 Å². The van der Waals surface area contributed by atoms with Crippen molar-refractivity contribution in [2.75, 3.05) is 6.54 Å². The maximum Gasteiger partial charge on any atom is 0.410 e. The van der Waals surface area contributed by atoms with Crippen molar-refractivity contribution in [2.45, 2.75) is 50.9 Å². The molecule has 1 saturated heterocycles. The largest absolute Gasteiger partial charge is 0.444 e. The second-order valence-electron chi connectivity index (χ2n) is 7.39. The summed E-state index contributed by atoms with van der Waals surface area (Å²) in [7, 11) is 0. The van der Waals surface area contributed by atoms with Crippen molar-refractivity contribution in [3.8, 4) is 0 Å². The van der Waals surface area contributed by atoms with E-state index in [0.29, 0.717) is 18.9 Å². The van der Waals surface area contributed by atoms with Crippen molar-refractivity contribution in [1.29, 1.82) is 0 Å². The lowest BCUT2D eigenvalue weighted by molar-refractivity contribution is -0.0572. The number of fused-ring (bicyclic) bond motifs is 2. The molecule has 1 saturated carbocycles. The molecule has 1 aromatic rings. The molecule has 3 rings (SSSR count). The summed E-state index contributed by atoms with van der Waals surface area (Å²) in [4.78, 5) is 14.1. The Hall–Kier alpha value is -1.07. The zero-order valence-corrected chi connectivity index (χ0v) is 14.8. The summed E-state index contributed by atoms with van der Waals surface area (Å²) in [5.74, 6) is 0.339. The number of piperidine rings is 1. The highest BCUT2D eigenvalue weighted by molar-refractivity contribution is 9.10. The molecule has 3 unspecified atom stereocenters. The summed E-state index contributed by atoms with van der Waals surface area (Å²) in [5.41, 5.74) is -0.619. The van der Waals surface area contributed by atoms with Gasteiger partial charge in [0.15, 0.2) is 0 Å². The highest BCUT2D eigenvalue weighted by atomic mass is 79.9. The minimum atomic E-state index is -0.972. The van der Waals surface area contributed by atoms with Crippen molar-refractivity contribution in [3.05, 3.63) is 34.3 Å². The van der Waals surface area contributed by atoms with Gasteiger partial charge in [0.1, 0.15) is 11.2 Å². The van der Waals surface area contributed by atoms with Gasteiger partial charge in [-0.15, -0.1) is 0 Å². The van der Waals surface area contributed by atoms with Crippen LogP contribution in [0.15, 0.2) is 28.7 Å². The van der Waals surface area contributed by atoms with E-state index in [1.165, 1.54) is 0 Å². The average molecular weight is 368 g/mol. The molecule has 120 valence electrons. The molecule has 1 heterocycles. The number of benzene rings is 1. The van der Waals surface area contributed by atoms with Crippen LogP contribution in [0.1, 0.15) is 39.2 Å². The number of nitrogens with zero attached hydrogens (tertiary/aromatic N) is 1. The van der Waals surface area contributed by atoms with E-state index < -0.39 is 11.2 Å². The van der Waals surface area contributed by atoms with Crippen LogP contribution in [0.3, 0.4) is 0 Å². The number of aliphatic hydroxyl groups is 1.